The van der Waals surface area contributed by atoms with E-state index in [0.29, 0.717) is 43.2 Å². The summed E-state index contributed by atoms with van der Waals surface area (Å²) >= 11 is 0. The number of anilines is 2. The standard InChI is InChI=1S/C21H24N8O2/c1-14-13-31-11-10-27(14)19-20(30)28(17-8-9-26(3)25-17)12-18(24-19)29-16-7-5-4-6-15(16)23-21(29)22-2/h4-9,12,14H,10-11,13H2,1-3H3,(H,22,23)/t14-/m1/s1. The van der Waals surface area contributed by atoms with Crippen LogP contribution in [0.3, 0.4) is 0 Å². The molecule has 0 amide bonds. The van der Waals surface area contributed by atoms with E-state index in [0.717, 1.165) is 11.0 Å². The maximum atomic E-state index is 13.5. The molecule has 1 N–H and O–H groups in total. The van der Waals surface area contributed by atoms with Crippen LogP contribution in [0.5, 0.6) is 0 Å². The molecule has 5 rings (SSSR count). The lowest BCUT2D eigenvalue weighted by Gasteiger charge is -2.34. The summed E-state index contributed by atoms with van der Waals surface area (Å²) in [5.41, 5.74) is 1.52. The summed E-state index contributed by atoms with van der Waals surface area (Å²) in [7, 11) is 3.64. The van der Waals surface area contributed by atoms with Crippen LogP contribution in [0.4, 0.5) is 11.8 Å². The highest BCUT2D eigenvalue weighted by atomic mass is 16.5. The van der Waals surface area contributed by atoms with Crippen LogP contribution in [0.1, 0.15) is 6.92 Å². The van der Waals surface area contributed by atoms with E-state index in [1.54, 1.807) is 15.4 Å². The van der Waals surface area contributed by atoms with Crippen LogP contribution in [0.2, 0.25) is 0 Å². The minimum Gasteiger partial charge on any atom is -0.377 e. The van der Waals surface area contributed by atoms with E-state index in [1.165, 1.54) is 0 Å². The Hall–Kier alpha value is -3.66. The van der Waals surface area contributed by atoms with Crippen molar-refractivity contribution in [3.63, 3.8) is 0 Å². The number of morpholine rings is 1. The molecular weight excluding hydrogens is 396 g/mol. The zero-order valence-corrected chi connectivity index (χ0v) is 17.7. The Balaban J connectivity index is 1.79. The van der Waals surface area contributed by atoms with E-state index < -0.39 is 0 Å². The van der Waals surface area contributed by atoms with Gasteiger partial charge >= 0.3 is 0 Å². The first-order chi connectivity index (χ1) is 15.1. The summed E-state index contributed by atoms with van der Waals surface area (Å²) in [5, 5.41) is 7.58. The highest BCUT2D eigenvalue weighted by molar-refractivity contribution is 5.80. The summed E-state index contributed by atoms with van der Waals surface area (Å²) < 4.78 is 10.7. The Bertz CT molecular complexity index is 1300. The van der Waals surface area contributed by atoms with Crippen molar-refractivity contribution >= 4 is 22.8 Å². The molecule has 160 valence electrons. The first-order valence-corrected chi connectivity index (χ1v) is 10.2. The Kier molecular flexibility index (Phi) is 4.70. The van der Waals surface area contributed by atoms with Gasteiger partial charge in [0.2, 0.25) is 5.95 Å². The molecule has 1 aliphatic rings. The average molecular weight is 420 g/mol. The maximum Gasteiger partial charge on any atom is 0.299 e. The number of ether oxygens (including phenoxy) is 1. The maximum absolute atomic E-state index is 13.5. The third kappa shape index (κ3) is 3.25. The van der Waals surface area contributed by atoms with Crippen molar-refractivity contribution in [1.29, 1.82) is 0 Å². The number of benzene rings is 1. The van der Waals surface area contributed by atoms with Gasteiger partial charge in [-0.25, -0.2) is 9.97 Å². The van der Waals surface area contributed by atoms with Gasteiger partial charge in [-0.05, 0) is 19.1 Å². The molecule has 1 saturated heterocycles. The van der Waals surface area contributed by atoms with Gasteiger partial charge in [-0.1, -0.05) is 12.1 Å². The first-order valence-electron chi connectivity index (χ1n) is 10.2. The second kappa shape index (κ2) is 7.55. The minimum absolute atomic E-state index is 0.0321. The summed E-state index contributed by atoms with van der Waals surface area (Å²) in [6.45, 7) is 3.72. The number of hydrogen-bond acceptors (Lipinski definition) is 7. The number of aromatic nitrogens is 6. The number of nitrogens with zero attached hydrogens (tertiary/aromatic N) is 7. The highest BCUT2D eigenvalue weighted by Gasteiger charge is 2.26. The molecule has 1 fully saturated rings. The molecule has 0 unspecified atom stereocenters. The fraction of sp³-hybridized carbons (Fsp3) is 0.333. The second-order valence-corrected chi connectivity index (χ2v) is 7.57. The molecule has 0 saturated carbocycles. The van der Waals surface area contributed by atoms with Gasteiger partial charge < -0.3 is 15.0 Å². The molecule has 1 aliphatic heterocycles. The van der Waals surface area contributed by atoms with E-state index in [9.17, 15) is 4.79 Å². The lowest BCUT2D eigenvalue weighted by Crippen LogP contribution is -2.47. The lowest BCUT2D eigenvalue weighted by atomic mass is 10.2. The Morgan fingerprint density at radius 1 is 1.16 bits per heavy atom. The van der Waals surface area contributed by atoms with E-state index in [-0.39, 0.29) is 11.6 Å². The Morgan fingerprint density at radius 3 is 2.74 bits per heavy atom. The number of para-hydroxylation sites is 2. The van der Waals surface area contributed by atoms with E-state index >= 15 is 0 Å². The number of hydrogen-bond donors (Lipinski definition) is 1. The largest absolute Gasteiger partial charge is 0.377 e. The fourth-order valence-corrected chi connectivity index (χ4v) is 3.93. The second-order valence-electron chi connectivity index (χ2n) is 7.57. The van der Waals surface area contributed by atoms with Crippen LogP contribution >= 0.6 is 0 Å². The number of nitrogens with one attached hydrogen (secondary N) is 1. The monoisotopic (exact) mass is 420 g/mol. The number of fused-ring (bicyclic) bond motifs is 1. The van der Waals surface area contributed by atoms with Crippen LogP contribution in [-0.2, 0) is 11.8 Å². The molecule has 10 heteroatoms. The highest BCUT2D eigenvalue weighted by Crippen LogP contribution is 2.25. The quantitative estimate of drug-likeness (QED) is 0.535. The van der Waals surface area contributed by atoms with Crippen molar-refractivity contribution < 1.29 is 4.74 Å². The summed E-state index contributed by atoms with van der Waals surface area (Å²) in [4.78, 5) is 25.0. The third-order valence-corrected chi connectivity index (χ3v) is 5.47. The minimum atomic E-state index is -0.216. The molecule has 4 heterocycles. The molecular formula is C21H24N8O2. The molecule has 10 nitrogen and oxygen atoms in total. The average Bonchev–Trinajstić information content (AvgIpc) is 3.38. The smallest absolute Gasteiger partial charge is 0.299 e. The van der Waals surface area contributed by atoms with Gasteiger partial charge in [-0.3, -0.25) is 18.6 Å². The molecule has 0 spiro atoms. The molecule has 0 aliphatic carbocycles. The SMILES string of the molecule is CNc1nc2ccccc2n1-c1cn(-c2ccn(C)n2)c(=O)c(N2CCOC[C@H]2C)n1. The van der Waals surface area contributed by atoms with Crippen molar-refractivity contribution in [3.8, 4) is 11.6 Å². The van der Waals surface area contributed by atoms with Crippen molar-refractivity contribution in [3.05, 3.63) is 53.1 Å². The first kappa shape index (κ1) is 19.3. The van der Waals surface area contributed by atoms with Crippen molar-refractivity contribution in [2.45, 2.75) is 13.0 Å². The summed E-state index contributed by atoms with van der Waals surface area (Å²) in [6.07, 6.45) is 3.53. The van der Waals surface area contributed by atoms with Gasteiger partial charge in [-0.2, -0.15) is 5.10 Å². The van der Waals surface area contributed by atoms with Crippen LogP contribution < -0.4 is 15.8 Å². The van der Waals surface area contributed by atoms with Crippen molar-refractivity contribution in [2.24, 2.45) is 7.05 Å². The van der Waals surface area contributed by atoms with E-state index in [4.69, 9.17) is 9.72 Å². The number of rotatable bonds is 4. The van der Waals surface area contributed by atoms with Gasteiger partial charge in [0.25, 0.3) is 5.56 Å². The van der Waals surface area contributed by atoms with E-state index in [1.807, 2.05) is 67.0 Å². The van der Waals surface area contributed by atoms with Gasteiger partial charge in [-0.15, -0.1) is 0 Å². The van der Waals surface area contributed by atoms with Gasteiger partial charge in [0.15, 0.2) is 17.5 Å². The zero-order chi connectivity index (χ0) is 21.5. The summed E-state index contributed by atoms with van der Waals surface area (Å²) in [6, 6.07) is 9.68. The molecule has 4 aromatic rings. The van der Waals surface area contributed by atoms with Crippen molar-refractivity contribution in [1.82, 2.24) is 28.9 Å². The van der Waals surface area contributed by atoms with Crippen LogP contribution in [-0.4, -0.2) is 61.7 Å². The molecule has 3 aromatic heterocycles. The normalized spacial score (nSPS) is 16.7. The molecule has 1 aromatic carbocycles. The molecule has 31 heavy (non-hydrogen) atoms. The van der Waals surface area contributed by atoms with Gasteiger partial charge in [0.1, 0.15) is 0 Å². The molecule has 0 bridgehead atoms. The zero-order valence-electron chi connectivity index (χ0n) is 17.7. The predicted octanol–water partition coefficient (Wildman–Crippen LogP) is 1.57. The fourth-order valence-electron chi connectivity index (χ4n) is 3.93. The van der Waals surface area contributed by atoms with Crippen LogP contribution in [0.25, 0.3) is 22.7 Å². The molecule has 0 radical (unpaired) electrons. The Morgan fingerprint density at radius 2 is 2.00 bits per heavy atom. The molecule has 1 atom stereocenters. The number of imidazole rings is 1. The predicted molar refractivity (Wildman–Crippen MR) is 118 cm³/mol. The van der Waals surface area contributed by atoms with Crippen molar-refractivity contribution in [2.75, 3.05) is 37.0 Å². The lowest BCUT2D eigenvalue weighted by molar-refractivity contribution is 0.0983. The third-order valence-electron chi connectivity index (χ3n) is 5.47. The summed E-state index contributed by atoms with van der Waals surface area (Å²) in [5.74, 6) is 2.13. The number of aryl methyl sites for hydroxylation is 1. The van der Waals surface area contributed by atoms with Gasteiger partial charge in [0, 0.05) is 32.9 Å². The van der Waals surface area contributed by atoms with Gasteiger partial charge in [0.05, 0.1) is 36.5 Å². The topological polar surface area (TPSA) is 95.0 Å². The van der Waals surface area contributed by atoms with E-state index in [2.05, 4.69) is 15.4 Å². The van der Waals surface area contributed by atoms with Crippen LogP contribution in [0, 0.1) is 0 Å². The van der Waals surface area contributed by atoms with Crippen LogP contribution in [0.15, 0.2) is 47.5 Å². The Labute approximate surface area is 178 Å².